The second kappa shape index (κ2) is 11.2. The standard InChI is InChI=1S/C22H24ClF3N4O4/c1-27-19-18(20(32)28-10-3-11-31)30(13-14-6-8-15(23)9-7-14)21(29-19)33-16-4-2-5-17(12-16)34-22(24,25)26/h2,4-9,12,21,27,29,31H,3,10-11,13H2,1H3,(H,28,32). The van der Waals surface area contributed by atoms with E-state index in [1.807, 2.05) is 0 Å². The Bertz CT molecular complexity index is 1020. The Morgan fingerprint density at radius 3 is 2.56 bits per heavy atom. The lowest BCUT2D eigenvalue weighted by Gasteiger charge is -2.28. The largest absolute Gasteiger partial charge is 0.573 e. The quantitative estimate of drug-likeness (QED) is 0.373. The number of amides is 1. The van der Waals surface area contributed by atoms with Gasteiger partial charge in [-0.1, -0.05) is 29.8 Å². The first kappa shape index (κ1) is 25.3. The fourth-order valence-electron chi connectivity index (χ4n) is 3.24. The van der Waals surface area contributed by atoms with E-state index in [0.29, 0.717) is 17.3 Å². The summed E-state index contributed by atoms with van der Waals surface area (Å²) >= 11 is 5.97. The summed E-state index contributed by atoms with van der Waals surface area (Å²) in [5.74, 6) is -0.392. The fraction of sp³-hybridized carbons (Fsp3) is 0.318. The number of carbonyl (C=O) groups excluding carboxylic acids is 1. The van der Waals surface area contributed by atoms with Crippen molar-refractivity contribution in [2.75, 3.05) is 20.2 Å². The monoisotopic (exact) mass is 500 g/mol. The molecule has 1 atom stereocenters. The summed E-state index contributed by atoms with van der Waals surface area (Å²) in [7, 11) is 1.62. The van der Waals surface area contributed by atoms with E-state index in [0.717, 1.165) is 17.7 Å². The smallest absolute Gasteiger partial charge is 0.452 e. The number of ether oxygens (including phenoxy) is 2. The molecule has 0 spiro atoms. The number of alkyl halides is 3. The molecule has 0 saturated carbocycles. The molecule has 1 amide bonds. The van der Waals surface area contributed by atoms with Gasteiger partial charge in [-0.25, -0.2) is 0 Å². The summed E-state index contributed by atoms with van der Waals surface area (Å²) in [4.78, 5) is 14.6. The molecule has 2 aromatic rings. The molecule has 12 heteroatoms. The molecule has 1 aliphatic rings. The Kier molecular flexibility index (Phi) is 8.35. The molecule has 2 aromatic carbocycles. The van der Waals surface area contributed by atoms with Crippen LogP contribution in [0, 0.1) is 0 Å². The number of hydrogen-bond acceptors (Lipinski definition) is 7. The number of nitrogens with one attached hydrogen (secondary N) is 3. The summed E-state index contributed by atoms with van der Waals surface area (Å²) in [6.45, 7) is 0.404. The minimum absolute atomic E-state index is 0.0764. The summed E-state index contributed by atoms with van der Waals surface area (Å²) < 4.78 is 47.7. The van der Waals surface area contributed by atoms with Crippen molar-refractivity contribution in [3.63, 3.8) is 0 Å². The maximum Gasteiger partial charge on any atom is 0.573 e. The van der Waals surface area contributed by atoms with E-state index in [2.05, 4.69) is 20.7 Å². The molecule has 4 N–H and O–H groups in total. The van der Waals surface area contributed by atoms with E-state index in [1.165, 1.54) is 12.1 Å². The molecule has 1 unspecified atom stereocenters. The van der Waals surface area contributed by atoms with Crippen LogP contribution in [0.15, 0.2) is 60.0 Å². The van der Waals surface area contributed by atoms with Crippen LogP contribution >= 0.6 is 11.6 Å². The van der Waals surface area contributed by atoms with Gasteiger partial charge in [-0.2, -0.15) is 0 Å². The molecule has 0 bridgehead atoms. The van der Waals surface area contributed by atoms with Gasteiger partial charge in [0.05, 0.1) is 0 Å². The summed E-state index contributed by atoms with van der Waals surface area (Å²) in [6, 6.07) is 12.1. The Balaban J connectivity index is 1.87. The van der Waals surface area contributed by atoms with Crippen molar-refractivity contribution in [3.8, 4) is 11.5 Å². The van der Waals surface area contributed by atoms with Crippen LogP contribution in [-0.4, -0.2) is 48.8 Å². The third-order valence-electron chi connectivity index (χ3n) is 4.71. The maximum absolute atomic E-state index is 13.0. The van der Waals surface area contributed by atoms with Crippen LogP contribution in [-0.2, 0) is 11.3 Å². The van der Waals surface area contributed by atoms with Crippen molar-refractivity contribution >= 4 is 17.5 Å². The number of carbonyl (C=O) groups is 1. The van der Waals surface area contributed by atoms with Gasteiger partial charge in [0, 0.05) is 37.8 Å². The van der Waals surface area contributed by atoms with Crippen molar-refractivity contribution in [3.05, 3.63) is 70.6 Å². The fourth-order valence-corrected chi connectivity index (χ4v) is 3.37. The lowest BCUT2D eigenvalue weighted by atomic mass is 10.2. The highest BCUT2D eigenvalue weighted by atomic mass is 35.5. The zero-order chi connectivity index (χ0) is 24.7. The number of hydrogen-bond donors (Lipinski definition) is 4. The molecule has 3 rings (SSSR count). The van der Waals surface area contributed by atoms with Crippen LogP contribution in [0.25, 0.3) is 0 Å². The number of nitrogens with zero attached hydrogens (tertiary/aromatic N) is 1. The molecule has 0 radical (unpaired) electrons. The van der Waals surface area contributed by atoms with Gasteiger partial charge in [-0.05, 0) is 36.2 Å². The number of aliphatic hydroxyl groups is 1. The normalized spacial score (nSPS) is 15.7. The number of aliphatic hydroxyl groups excluding tert-OH is 1. The van der Waals surface area contributed by atoms with Crippen LogP contribution in [0.3, 0.4) is 0 Å². The van der Waals surface area contributed by atoms with Crippen molar-refractivity contribution in [2.24, 2.45) is 0 Å². The van der Waals surface area contributed by atoms with Crippen molar-refractivity contribution in [1.29, 1.82) is 0 Å². The maximum atomic E-state index is 13.0. The molecule has 184 valence electrons. The van der Waals surface area contributed by atoms with Crippen LogP contribution in [0.2, 0.25) is 5.02 Å². The zero-order valence-electron chi connectivity index (χ0n) is 18.2. The Morgan fingerprint density at radius 2 is 1.91 bits per heavy atom. The first-order valence-electron chi connectivity index (χ1n) is 10.3. The van der Waals surface area contributed by atoms with E-state index < -0.39 is 24.4 Å². The van der Waals surface area contributed by atoms with Gasteiger partial charge in [-0.15, -0.1) is 13.2 Å². The molecular formula is C22H24ClF3N4O4. The highest BCUT2D eigenvalue weighted by molar-refractivity contribution is 6.30. The van der Waals surface area contributed by atoms with E-state index in [-0.39, 0.29) is 31.1 Å². The molecule has 34 heavy (non-hydrogen) atoms. The van der Waals surface area contributed by atoms with Gasteiger partial charge >= 0.3 is 6.36 Å². The van der Waals surface area contributed by atoms with Crippen LogP contribution in [0.5, 0.6) is 11.5 Å². The zero-order valence-corrected chi connectivity index (χ0v) is 18.9. The molecule has 1 heterocycles. The topological polar surface area (TPSA) is 95.1 Å². The first-order chi connectivity index (χ1) is 16.2. The average molecular weight is 501 g/mol. The van der Waals surface area contributed by atoms with Gasteiger partial charge in [0.15, 0.2) is 0 Å². The minimum Gasteiger partial charge on any atom is -0.452 e. The molecule has 0 aliphatic carbocycles. The van der Waals surface area contributed by atoms with Gasteiger partial charge in [0.25, 0.3) is 12.3 Å². The van der Waals surface area contributed by atoms with Gasteiger partial charge in [0.2, 0.25) is 0 Å². The minimum atomic E-state index is -4.84. The number of halogens is 4. The molecule has 0 saturated heterocycles. The van der Waals surface area contributed by atoms with Crippen LogP contribution in [0.1, 0.15) is 12.0 Å². The highest BCUT2D eigenvalue weighted by Crippen LogP contribution is 2.29. The predicted molar refractivity (Wildman–Crippen MR) is 118 cm³/mol. The van der Waals surface area contributed by atoms with Gasteiger partial charge in [-0.3, -0.25) is 4.79 Å². The van der Waals surface area contributed by atoms with Gasteiger partial charge in [0.1, 0.15) is 23.0 Å². The van der Waals surface area contributed by atoms with E-state index in [4.69, 9.17) is 21.4 Å². The lowest BCUT2D eigenvalue weighted by Crippen LogP contribution is -2.44. The Labute approximate surface area is 199 Å². The second-order valence-electron chi connectivity index (χ2n) is 7.20. The van der Waals surface area contributed by atoms with Crippen LogP contribution in [0.4, 0.5) is 13.2 Å². The Morgan fingerprint density at radius 1 is 1.21 bits per heavy atom. The Hall–Kier alpha value is -3.31. The molecule has 0 aromatic heterocycles. The number of rotatable bonds is 10. The summed E-state index contributed by atoms with van der Waals surface area (Å²) in [5.41, 5.74) is 1.05. The first-order valence-corrected chi connectivity index (χ1v) is 10.7. The third-order valence-corrected chi connectivity index (χ3v) is 4.97. The molecule has 0 fully saturated rings. The van der Waals surface area contributed by atoms with E-state index in [1.54, 1.807) is 36.2 Å². The van der Waals surface area contributed by atoms with E-state index >= 15 is 0 Å². The van der Waals surface area contributed by atoms with Crippen LogP contribution < -0.4 is 25.4 Å². The average Bonchev–Trinajstić information content (AvgIpc) is 3.11. The lowest BCUT2D eigenvalue weighted by molar-refractivity contribution is -0.274. The highest BCUT2D eigenvalue weighted by Gasteiger charge is 2.37. The molecular weight excluding hydrogens is 477 g/mol. The van der Waals surface area contributed by atoms with Gasteiger partial charge < -0.3 is 35.4 Å². The molecule has 1 aliphatic heterocycles. The molecule has 8 nitrogen and oxygen atoms in total. The SMILES string of the molecule is CNC1=C(C(=O)NCCCO)N(Cc2ccc(Cl)cc2)C(Oc2cccc(OC(F)(F)F)c2)N1. The number of benzene rings is 2. The van der Waals surface area contributed by atoms with Crippen molar-refractivity contribution < 1.29 is 32.5 Å². The second-order valence-corrected chi connectivity index (χ2v) is 7.63. The summed E-state index contributed by atoms with van der Waals surface area (Å²) in [6.07, 6.45) is -5.39. The van der Waals surface area contributed by atoms with Crippen molar-refractivity contribution in [2.45, 2.75) is 25.7 Å². The predicted octanol–water partition coefficient (Wildman–Crippen LogP) is 2.89. The third kappa shape index (κ3) is 6.84. The van der Waals surface area contributed by atoms with Crippen molar-refractivity contribution in [1.82, 2.24) is 20.9 Å². The summed E-state index contributed by atoms with van der Waals surface area (Å²) in [5, 5.41) is 18.2. The van der Waals surface area contributed by atoms with E-state index in [9.17, 15) is 18.0 Å².